The average molecular weight is 354 g/mol. The number of sulfonamides is 1. The van der Waals surface area contributed by atoms with Gasteiger partial charge in [0.25, 0.3) is 0 Å². The van der Waals surface area contributed by atoms with Gasteiger partial charge in [0.15, 0.2) is 0 Å². The topological polar surface area (TPSA) is 77.3 Å². The monoisotopic (exact) mass is 354 g/mol. The highest BCUT2D eigenvalue weighted by Gasteiger charge is 2.35. The van der Waals surface area contributed by atoms with Crippen LogP contribution < -0.4 is 4.74 Å². The van der Waals surface area contributed by atoms with Crippen LogP contribution in [0.4, 0.5) is 4.39 Å². The van der Waals surface area contributed by atoms with Crippen LogP contribution in [-0.2, 0) is 16.4 Å². The van der Waals surface area contributed by atoms with Gasteiger partial charge in [-0.05, 0) is 24.6 Å². The summed E-state index contributed by atoms with van der Waals surface area (Å²) in [6.07, 6.45) is 3.01. The third-order valence-electron chi connectivity index (χ3n) is 4.23. The van der Waals surface area contributed by atoms with Crippen molar-refractivity contribution in [2.75, 3.05) is 20.2 Å². The highest BCUT2D eigenvalue weighted by Crippen LogP contribution is 2.32. The molecule has 2 aromatic rings. The Morgan fingerprint density at radius 1 is 1.42 bits per heavy atom. The van der Waals surface area contributed by atoms with Crippen molar-refractivity contribution in [3.8, 4) is 5.75 Å². The summed E-state index contributed by atoms with van der Waals surface area (Å²) < 4.78 is 47.6. The van der Waals surface area contributed by atoms with Crippen molar-refractivity contribution in [2.24, 2.45) is 0 Å². The van der Waals surface area contributed by atoms with Gasteiger partial charge in [-0.2, -0.15) is 4.31 Å². The summed E-state index contributed by atoms with van der Waals surface area (Å²) in [7, 11) is -2.47. The van der Waals surface area contributed by atoms with Gasteiger partial charge in [0.2, 0.25) is 10.0 Å². The molecule has 1 aromatic heterocycles. The Kier molecular flexibility index (Phi) is 4.55. The summed E-state index contributed by atoms with van der Waals surface area (Å²) in [5.74, 6) is 0.346. The average Bonchev–Trinajstić information content (AvgIpc) is 3.23. The molecule has 9 heteroatoms. The number of ether oxygens (including phenoxy) is 1. The molecule has 1 aromatic carbocycles. The summed E-state index contributed by atoms with van der Waals surface area (Å²) in [6.45, 7) is 2.63. The van der Waals surface area contributed by atoms with Gasteiger partial charge in [-0.3, -0.25) is 0 Å². The molecule has 0 saturated carbocycles. The molecule has 0 spiro atoms. The smallest absolute Gasteiger partial charge is 0.246 e. The first-order valence-electron chi connectivity index (χ1n) is 7.69. The molecule has 0 aliphatic carbocycles. The summed E-state index contributed by atoms with van der Waals surface area (Å²) in [5, 5.41) is 7.94. The zero-order valence-corrected chi connectivity index (χ0v) is 14.3. The minimum absolute atomic E-state index is 0.0238. The maximum absolute atomic E-state index is 13.5. The maximum Gasteiger partial charge on any atom is 0.246 e. The molecule has 0 amide bonds. The molecule has 0 N–H and O–H groups in total. The van der Waals surface area contributed by atoms with Crippen LogP contribution in [0.3, 0.4) is 0 Å². The lowest BCUT2D eigenvalue weighted by atomic mass is 10.2. The van der Waals surface area contributed by atoms with Gasteiger partial charge in [0.1, 0.15) is 28.6 Å². The van der Waals surface area contributed by atoms with Crippen molar-refractivity contribution in [2.45, 2.75) is 30.7 Å². The Labute approximate surface area is 140 Å². The van der Waals surface area contributed by atoms with Crippen molar-refractivity contribution in [3.63, 3.8) is 0 Å². The van der Waals surface area contributed by atoms with E-state index in [-0.39, 0.29) is 16.7 Å². The Morgan fingerprint density at radius 2 is 2.21 bits per heavy atom. The molecule has 7 nitrogen and oxygen atoms in total. The number of methoxy groups -OCH3 is 1. The summed E-state index contributed by atoms with van der Waals surface area (Å²) in [5.41, 5.74) is 0. The van der Waals surface area contributed by atoms with Crippen molar-refractivity contribution in [1.82, 2.24) is 19.1 Å². The quantitative estimate of drug-likeness (QED) is 0.815. The molecule has 1 atom stereocenters. The molecule has 130 valence electrons. The molecule has 3 rings (SSSR count). The van der Waals surface area contributed by atoms with Crippen LogP contribution in [0, 0.1) is 5.82 Å². The predicted molar refractivity (Wildman–Crippen MR) is 84.8 cm³/mol. The standard InChI is InChI=1S/C15H19FN4O3S/c1-3-15-18-17-10-20(15)12-6-7-19(9-12)24(21,22)14-8-11(16)4-5-13(14)23-2/h4-5,8,10,12H,3,6-7,9H2,1-2H3/t12-/m1/s1. The third kappa shape index (κ3) is 2.89. The number of aromatic nitrogens is 3. The molecular formula is C15H19FN4O3S. The second-order valence-electron chi connectivity index (χ2n) is 5.61. The summed E-state index contributed by atoms with van der Waals surface area (Å²) in [6, 6.07) is 3.47. The Balaban J connectivity index is 1.89. The number of hydrogen-bond acceptors (Lipinski definition) is 5. The fourth-order valence-electron chi connectivity index (χ4n) is 2.97. The Hall–Kier alpha value is -2.00. The molecule has 24 heavy (non-hydrogen) atoms. The molecule has 1 fully saturated rings. The van der Waals surface area contributed by atoms with Gasteiger partial charge in [0, 0.05) is 19.5 Å². The lowest BCUT2D eigenvalue weighted by Gasteiger charge is -2.19. The van der Waals surface area contributed by atoms with Crippen molar-refractivity contribution >= 4 is 10.0 Å². The van der Waals surface area contributed by atoms with Crippen LogP contribution in [0.2, 0.25) is 0 Å². The number of aryl methyl sites for hydroxylation is 1. The van der Waals surface area contributed by atoms with Crippen LogP contribution in [0.15, 0.2) is 29.4 Å². The molecule has 1 saturated heterocycles. The zero-order valence-electron chi connectivity index (χ0n) is 13.5. The maximum atomic E-state index is 13.5. The van der Waals surface area contributed by atoms with E-state index in [1.54, 1.807) is 6.33 Å². The first-order chi connectivity index (χ1) is 11.5. The fourth-order valence-corrected chi connectivity index (χ4v) is 4.63. The molecule has 0 radical (unpaired) electrons. The highest BCUT2D eigenvalue weighted by molar-refractivity contribution is 7.89. The number of hydrogen-bond donors (Lipinski definition) is 0. The summed E-state index contributed by atoms with van der Waals surface area (Å²) >= 11 is 0. The van der Waals surface area contributed by atoms with Gasteiger partial charge in [-0.15, -0.1) is 10.2 Å². The second kappa shape index (κ2) is 6.48. The molecule has 1 aliphatic heterocycles. The third-order valence-corrected chi connectivity index (χ3v) is 6.11. The van der Waals surface area contributed by atoms with E-state index in [0.717, 1.165) is 18.3 Å². The number of halogens is 1. The number of rotatable bonds is 5. The summed E-state index contributed by atoms with van der Waals surface area (Å²) in [4.78, 5) is -0.148. The van der Waals surface area contributed by atoms with E-state index in [1.165, 1.54) is 23.5 Å². The van der Waals surface area contributed by atoms with Gasteiger partial charge in [-0.1, -0.05) is 6.92 Å². The SMILES string of the molecule is CCc1nncn1[C@@H]1CCN(S(=O)(=O)c2cc(F)ccc2OC)C1. The zero-order chi connectivity index (χ0) is 17.3. The van der Waals surface area contributed by atoms with E-state index in [2.05, 4.69) is 10.2 Å². The first-order valence-corrected chi connectivity index (χ1v) is 9.13. The lowest BCUT2D eigenvalue weighted by molar-refractivity contribution is 0.395. The van der Waals surface area contributed by atoms with Crippen LogP contribution >= 0.6 is 0 Å². The van der Waals surface area contributed by atoms with Gasteiger partial charge in [0.05, 0.1) is 13.2 Å². The predicted octanol–water partition coefficient (Wildman–Crippen LogP) is 1.62. The van der Waals surface area contributed by atoms with E-state index in [0.29, 0.717) is 19.5 Å². The minimum Gasteiger partial charge on any atom is -0.495 e. The molecule has 0 unspecified atom stereocenters. The normalized spacial score (nSPS) is 18.9. The molecule has 2 heterocycles. The van der Waals surface area contributed by atoms with Crippen LogP contribution in [0.25, 0.3) is 0 Å². The lowest BCUT2D eigenvalue weighted by Crippen LogP contribution is -2.30. The van der Waals surface area contributed by atoms with E-state index in [1.807, 2.05) is 11.5 Å². The fraction of sp³-hybridized carbons (Fsp3) is 0.467. The van der Waals surface area contributed by atoms with Crippen LogP contribution in [0.5, 0.6) is 5.75 Å². The second-order valence-corrected chi connectivity index (χ2v) is 7.52. The first kappa shape index (κ1) is 16.8. The number of nitrogens with zero attached hydrogens (tertiary/aromatic N) is 4. The Bertz CT molecular complexity index is 837. The van der Waals surface area contributed by atoms with Crippen molar-refractivity contribution in [3.05, 3.63) is 36.2 Å². The van der Waals surface area contributed by atoms with Gasteiger partial charge >= 0.3 is 0 Å². The molecular weight excluding hydrogens is 335 g/mol. The van der Waals surface area contributed by atoms with Crippen LogP contribution in [0.1, 0.15) is 25.2 Å². The van der Waals surface area contributed by atoms with E-state index >= 15 is 0 Å². The van der Waals surface area contributed by atoms with Crippen LogP contribution in [-0.4, -0.2) is 47.7 Å². The van der Waals surface area contributed by atoms with E-state index in [4.69, 9.17) is 4.74 Å². The Morgan fingerprint density at radius 3 is 2.92 bits per heavy atom. The molecule has 0 bridgehead atoms. The van der Waals surface area contributed by atoms with E-state index in [9.17, 15) is 12.8 Å². The van der Waals surface area contributed by atoms with Gasteiger partial charge in [-0.25, -0.2) is 12.8 Å². The minimum atomic E-state index is -3.83. The van der Waals surface area contributed by atoms with E-state index < -0.39 is 15.8 Å². The number of benzene rings is 1. The highest BCUT2D eigenvalue weighted by atomic mass is 32.2. The van der Waals surface area contributed by atoms with Gasteiger partial charge < -0.3 is 9.30 Å². The largest absolute Gasteiger partial charge is 0.495 e. The molecule has 1 aliphatic rings. The van der Waals surface area contributed by atoms with Crippen molar-refractivity contribution < 1.29 is 17.5 Å². The van der Waals surface area contributed by atoms with Crippen molar-refractivity contribution in [1.29, 1.82) is 0 Å².